The van der Waals surface area contributed by atoms with E-state index in [0.717, 1.165) is 19.4 Å². The molecule has 1 aromatic heterocycles. The van der Waals surface area contributed by atoms with Crippen molar-refractivity contribution in [2.45, 2.75) is 52.2 Å². The fourth-order valence-corrected chi connectivity index (χ4v) is 2.94. The number of nitrogens with one attached hydrogen (secondary N) is 1. The molecule has 1 aromatic rings. The molecule has 0 aliphatic carbocycles. The molecule has 0 aliphatic heterocycles. The molecule has 1 N–H and O–H groups in total. The molecule has 0 bridgehead atoms. The molecule has 2 atom stereocenters. The fourth-order valence-electron chi connectivity index (χ4n) is 1.91. The van der Waals surface area contributed by atoms with Crippen LogP contribution in [0.4, 0.5) is 0 Å². The van der Waals surface area contributed by atoms with Crippen LogP contribution in [0.3, 0.4) is 0 Å². The largest absolute Gasteiger partial charge is 0.382 e. The molecule has 1 rings (SSSR count). The van der Waals surface area contributed by atoms with E-state index in [9.17, 15) is 0 Å². The molecule has 0 saturated carbocycles. The Kier molecular flexibility index (Phi) is 6.78. The Labute approximate surface area is 109 Å². The number of rotatable bonds is 8. The molecule has 17 heavy (non-hydrogen) atoms. The van der Waals surface area contributed by atoms with Crippen molar-refractivity contribution in [1.82, 2.24) is 5.32 Å². The highest BCUT2D eigenvalue weighted by molar-refractivity contribution is 7.10. The summed E-state index contributed by atoms with van der Waals surface area (Å²) in [6.07, 6.45) is 3.79. The number of thiophene rings is 1. The molecule has 98 valence electrons. The molecule has 1 heterocycles. The van der Waals surface area contributed by atoms with Gasteiger partial charge in [0, 0.05) is 18.0 Å². The van der Waals surface area contributed by atoms with Gasteiger partial charge in [-0.15, -0.1) is 11.3 Å². The van der Waals surface area contributed by atoms with Crippen molar-refractivity contribution in [2.24, 2.45) is 0 Å². The van der Waals surface area contributed by atoms with Gasteiger partial charge in [0.15, 0.2) is 0 Å². The molecule has 3 heteroatoms. The zero-order valence-corrected chi connectivity index (χ0v) is 12.3. The highest BCUT2D eigenvalue weighted by Gasteiger charge is 2.15. The predicted molar refractivity (Wildman–Crippen MR) is 75.8 cm³/mol. The minimum atomic E-state index is 0.348. The first-order chi connectivity index (χ1) is 8.19. The lowest BCUT2D eigenvalue weighted by Crippen LogP contribution is -2.23. The van der Waals surface area contributed by atoms with Gasteiger partial charge in [0.2, 0.25) is 0 Å². The molecule has 0 fully saturated rings. The second-order valence-corrected chi connectivity index (χ2v) is 5.55. The molecule has 0 aromatic carbocycles. The van der Waals surface area contributed by atoms with Gasteiger partial charge in [-0.3, -0.25) is 0 Å². The van der Waals surface area contributed by atoms with E-state index in [2.05, 4.69) is 37.5 Å². The van der Waals surface area contributed by atoms with Gasteiger partial charge in [-0.25, -0.2) is 0 Å². The van der Waals surface area contributed by atoms with E-state index in [1.54, 1.807) is 7.11 Å². The quantitative estimate of drug-likeness (QED) is 0.760. The van der Waals surface area contributed by atoms with Crippen LogP contribution in [0.2, 0.25) is 0 Å². The van der Waals surface area contributed by atoms with E-state index in [0.29, 0.717) is 12.1 Å². The summed E-state index contributed by atoms with van der Waals surface area (Å²) in [7, 11) is 1.79. The Morgan fingerprint density at radius 3 is 2.71 bits per heavy atom. The summed E-state index contributed by atoms with van der Waals surface area (Å²) in [4.78, 5) is 1.49. The Hall–Kier alpha value is -0.380. The van der Waals surface area contributed by atoms with Crippen molar-refractivity contribution in [1.29, 1.82) is 0 Å². The predicted octanol–water partition coefficient (Wildman–Crippen LogP) is 3.91. The first kappa shape index (κ1) is 14.7. The molecule has 0 amide bonds. The van der Waals surface area contributed by atoms with Crippen molar-refractivity contribution >= 4 is 11.3 Å². The second-order valence-electron chi connectivity index (χ2n) is 4.60. The second kappa shape index (κ2) is 7.85. The maximum atomic E-state index is 5.33. The van der Waals surface area contributed by atoms with Gasteiger partial charge < -0.3 is 10.1 Å². The Morgan fingerprint density at radius 2 is 2.18 bits per heavy atom. The molecule has 0 spiro atoms. The number of ether oxygens (including phenoxy) is 1. The fraction of sp³-hybridized carbons (Fsp3) is 0.714. The number of methoxy groups -OCH3 is 1. The van der Waals surface area contributed by atoms with Crippen molar-refractivity contribution < 1.29 is 4.74 Å². The standard InChI is InChI=1S/C14H25NOS/c1-5-9-15-13(7-6-12(3)16-4)14-11(2)8-10-17-14/h8,10,12-13,15H,5-7,9H2,1-4H3. The molecular weight excluding hydrogens is 230 g/mol. The van der Waals surface area contributed by atoms with E-state index >= 15 is 0 Å². The van der Waals surface area contributed by atoms with Crippen molar-refractivity contribution in [2.75, 3.05) is 13.7 Å². The summed E-state index contributed by atoms with van der Waals surface area (Å²) >= 11 is 1.86. The van der Waals surface area contributed by atoms with Crippen LogP contribution >= 0.6 is 11.3 Å². The van der Waals surface area contributed by atoms with Gasteiger partial charge in [0.05, 0.1) is 6.10 Å². The minimum Gasteiger partial charge on any atom is -0.382 e. The number of hydrogen-bond donors (Lipinski definition) is 1. The number of aryl methyl sites for hydroxylation is 1. The van der Waals surface area contributed by atoms with Crippen LogP contribution < -0.4 is 5.32 Å². The lowest BCUT2D eigenvalue weighted by Gasteiger charge is -2.20. The van der Waals surface area contributed by atoms with E-state index in [4.69, 9.17) is 4.74 Å². The lowest BCUT2D eigenvalue weighted by atomic mass is 10.0. The number of hydrogen-bond acceptors (Lipinski definition) is 3. The van der Waals surface area contributed by atoms with Gasteiger partial charge in [0.1, 0.15) is 0 Å². The maximum Gasteiger partial charge on any atom is 0.0543 e. The van der Waals surface area contributed by atoms with E-state index in [1.807, 2.05) is 11.3 Å². The van der Waals surface area contributed by atoms with Gasteiger partial charge in [-0.1, -0.05) is 6.92 Å². The third kappa shape index (κ3) is 4.78. The van der Waals surface area contributed by atoms with Gasteiger partial charge in [-0.2, -0.15) is 0 Å². The van der Waals surface area contributed by atoms with Crippen molar-refractivity contribution in [3.05, 3.63) is 21.9 Å². The third-order valence-corrected chi connectivity index (χ3v) is 4.26. The molecule has 2 nitrogen and oxygen atoms in total. The highest BCUT2D eigenvalue weighted by atomic mass is 32.1. The van der Waals surface area contributed by atoms with E-state index < -0.39 is 0 Å². The summed E-state index contributed by atoms with van der Waals surface area (Å²) in [5, 5.41) is 5.83. The highest BCUT2D eigenvalue weighted by Crippen LogP contribution is 2.28. The summed E-state index contributed by atoms with van der Waals surface area (Å²) < 4.78 is 5.33. The van der Waals surface area contributed by atoms with Crippen LogP contribution in [0.15, 0.2) is 11.4 Å². The van der Waals surface area contributed by atoms with Crippen LogP contribution in [0.5, 0.6) is 0 Å². The smallest absolute Gasteiger partial charge is 0.0543 e. The summed E-state index contributed by atoms with van der Waals surface area (Å²) in [6, 6.07) is 2.70. The zero-order chi connectivity index (χ0) is 12.7. The van der Waals surface area contributed by atoms with Gasteiger partial charge in [-0.05, 0) is 56.7 Å². The zero-order valence-electron chi connectivity index (χ0n) is 11.5. The van der Waals surface area contributed by atoms with Crippen LogP contribution in [0, 0.1) is 6.92 Å². The lowest BCUT2D eigenvalue weighted by molar-refractivity contribution is 0.106. The van der Waals surface area contributed by atoms with Crippen LogP contribution in [-0.2, 0) is 4.74 Å². The van der Waals surface area contributed by atoms with Crippen molar-refractivity contribution in [3.63, 3.8) is 0 Å². The minimum absolute atomic E-state index is 0.348. The topological polar surface area (TPSA) is 21.3 Å². The van der Waals surface area contributed by atoms with Gasteiger partial charge in [0.25, 0.3) is 0 Å². The maximum absolute atomic E-state index is 5.33. The molecule has 0 aliphatic rings. The van der Waals surface area contributed by atoms with Gasteiger partial charge >= 0.3 is 0 Å². The van der Waals surface area contributed by atoms with Crippen LogP contribution in [-0.4, -0.2) is 19.8 Å². The SMILES string of the molecule is CCCNC(CCC(C)OC)c1sccc1C. The van der Waals surface area contributed by atoms with Crippen molar-refractivity contribution in [3.8, 4) is 0 Å². The monoisotopic (exact) mass is 255 g/mol. The van der Waals surface area contributed by atoms with Crippen LogP contribution in [0.1, 0.15) is 49.6 Å². The first-order valence-electron chi connectivity index (χ1n) is 6.49. The molecule has 0 saturated heterocycles. The summed E-state index contributed by atoms with van der Waals surface area (Å²) in [5.74, 6) is 0. The Morgan fingerprint density at radius 1 is 1.41 bits per heavy atom. The first-order valence-corrected chi connectivity index (χ1v) is 7.37. The summed E-state index contributed by atoms with van der Waals surface area (Å²) in [6.45, 7) is 7.64. The summed E-state index contributed by atoms with van der Waals surface area (Å²) in [5.41, 5.74) is 1.41. The van der Waals surface area contributed by atoms with E-state index in [1.165, 1.54) is 16.9 Å². The molecule has 2 unspecified atom stereocenters. The van der Waals surface area contributed by atoms with Crippen LogP contribution in [0.25, 0.3) is 0 Å². The normalized spacial score (nSPS) is 14.8. The van der Waals surface area contributed by atoms with E-state index in [-0.39, 0.29) is 0 Å². The Bertz CT molecular complexity index is 311. The average Bonchev–Trinajstić information content (AvgIpc) is 2.75. The molecule has 0 radical (unpaired) electrons. The Balaban J connectivity index is 2.57. The average molecular weight is 255 g/mol. The third-order valence-electron chi connectivity index (χ3n) is 3.12. The molecular formula is C14H25NOS.